The number of nitrogens with one attached hydrogen (secondary N) is 1. The number of carbonyl (C=O) groups excluding carboxylic acids is 1. The Labute approximate surface area is 188 Å². The van der Waals surface area contributed by atoms with Gasteiger partial charge in [-0.05, 0) is 52.0 Å². The highest BCUT2D eigenvalue weighted by molar-refractivity contribution is 7.20. The quantitative estimate of drug-likeness (QED) is 0.440. The number of rotatable bonds is 4. The third kappa shape index (κ3) is 3.56. The number of hydrogen-bond acceptors (Lipinski definition) is 6. The van der Waals surface area contributed by atoms with Crippen LogP contribution in [-0.2, 0) is 0 Å². The van der Waals surface area contributed by atoms with Crippen LogP contribution in [0.15, 0.2) is 48.5 Å². The molecule has 4 aromatic heterocycles. The van der Waals surface area contributed by atoms with Gasteiger partial charge in [-0.1, -0.05) is 18.2 Å². The Morgan fingerprint density at radius 1 is 0.875 bits per heavy atom. The summed E-state index contributed by atoms with van der Waals surface area (Å²) in [5.41, 5.74) is 4.27. The fourth-order valence-electron chi connectivity index (χ4n) is 3.62. The van der Waals surface area contributed by atoms with E-state index in [2.05, 4.69) is 25.5 Å². The Balaban J connectivity index is 1.50. The summed E-state index contributed by atoms with van der Waals surface area (Å²) < 4.78 is 3.45. The lowest BCUT2D eigenvalue weighted by Crippen LogP contribution is -2.15. The summed E-state index contributed by atoms with van der Waals surface area (Å²) in [7, 11) is 0. The molecule has 0 atom stereocenters. The van der Waals surface area contributed by atoms with Crippen molar-refractivity contribution in [3.63, 3.8) is 0 Å². The van der Waals surface area contributed by atoms with Gasteiger partial charge in [-0.2, -0.15) is 14.9 Å². The van der Waals surface area contributed by atoms with E-state index in [0.29, 0.717) is 16.6 Å². The molecule has 1 N–H and O–H groups in total. The second-order valence-electron chi connectivity index (χ2n) is 7.65. The zero-order valence-corrected chi connectivity index (χ0v) is 18.9. The molecular weight excluding hydrogens is 422 g/mol. The van der Waals surface area contributed by atoms with Crippen molar-refractivity contribution < 1.29 is 4.79 Å². The van der Waals surface area contributed by atoms with Crippen molar-refractivity contribution >= 4 is 33.3 Å². The van der Waals surface area contributed by atoms with Gasteiger partial charge in [0.05, 0.1) is 22.0 Å². The van der Waals surface area contributed by atoms with Crippen LogP contribution in [0.25, 0.3) is 21.9 Å². The summed E-state index contributed by atoms with van der Waals surface area (Å²) >= 11 is 1.41. The molecule has 0 aliphatic carbocycles. The lowest BCUT2D eigenvalue weighted by atomic mass is 10.3. The van der Waals surface area contributed by atoms with E-state index in [1.165, 1.54) is 11.3 Å². The summed E-state index contributed by atoms with van der Waals surface area (Å²) in [6.07, 6.45) is 0. The average molecular weight is 444 g/mol. The molecule has 0 aliphatic rings. The first kappa shape index (κ1) is 20.1. The summed E-state index contributed by atoms with van der Waals surface area (Å²) in [5.74, 6) is 0.741. The molecule has 8 nitrogen and oxygen atoms in total. The molecule has 0 saturated heterocycles. The molecule has 9 heteroatoms. The number of benzene rings is 1. The second kappa shape index (κ2) is 7.69. The molecule has 0 spiro atoms. The molecule has 0 aliphatic heterocycles. The first-order chi connectivity index (χ1) is 15.4. The predicted molar refractivity (Wildman–Crippen MR) is 125 cm³/mol. The molecule has 1 amide bonds. The minimum absolute atomic E-state index is 0.212. The number of carbonyl (C=O) groups is 1. The van der Waals surface area contributed by atoms with E-state index in [-0.39, 0.29) is 5.91 Å². The van der Waals surface area contributed by atoms with Gasteiger partial charge in [-0.25, -0.2) is 14.6 Å². The van der Waals surface area contributed by atoms with E-state index in [9.17, 15) is 4.79 Å². The molecule has 4 heterocycles. The number of amides is 1. The van der Waals surface area contributed by atoms with Crippen molar-refractivity contribution in [3.8, 4) is 11.6 Å². The van der Waals surface area contributed by atoms with Crippen LogP contribution in [0.5, 0.6) is 0 Å². The number of hydrogen-bond donors (Lipinski definition) is 1. The third-order valence-electron chi connectivity index (χ3n) is 5.00. The summed E-state index contributed by atoms with van der Waals surface area (Å²) in [5, 5.41) is 13.1. The van der Waals surface area contributed by atoms with Crippen molar-refractivity contribution in [2.45, 2.75) is 27.7 Å². The summed E-state index contributed by atoms with van der Waals surface area (Å²) in [6.45, 7) is 7.63. The molecule has 0 saturated carbocycles. The molecule has 0 radical (unpaired) electrons. The van der Waals surface area contributed by atoms with E-state index in [1.807, 2.05) is 80.9 Å². The second-order valence-corrected chi connectivity index (χ2v) is 8.68. The molecular formula is C23H21N7OS. The SMILES string of the molecule is Cc1cc(C)nc(-n2nc(C)cc2NC(=O)c2cc3c(C)nn(-c4ccccc4)c3s2)n1. The Kier molecular flexibility index (Phi) is 4.82. The van der Waals surface area contributed by atoms with Crippen molar-refractivity contribution in [1.29, 1.82) is 0 Å². The predicted octanol–water partition coefficient (Wildman–Crippen LogP) is 4.55. The van der Waals surface area contributed by atoms with E-state index < -0.39 is 0 Å². The lowest BCUT2D eigenvalue weighted by molar-refractivity contribution is 0.103. The molecule has 160 valence electrons. The third-order valence-corrected chi connectivity index (χ3v) is 6.11. The molecule has 5 rings (SSSR count). The highest BCUT2D eigenvalue weighted by atomic mass is 32.1. The van der Waals surface area contributed by atoms with Crippen LogP contribution in [0, 0.1) is 27.7 Å². The van der Waals surface area contributed by atoms with Gasteiger partial charge in [-0.15, -0.1) is 11.3 Å². The van der Waals surface area contributed by atoms with Crippen LogP contribution in [0.2, 0.25) is 0 Å². The van der Waals surface area contributed by atoms with Gasteiger partial charge in [0.15, 0.2) is 0 Å². The van der Waals surface area contributed by atoms with Gasteiger partial charge in [0.25, 0.3) is 11.9 Å². The van der Waals surface area contributed by atoms with Crippen molar-refractivity contribution in [3.05, 3.63) is 76.2 Å². The van der Waals surface area contributed by atoms with E-state index in [1.54, 1.807) is 4.68 Å². The number of aromatic nitrogens is 6. The zero-order valence-electron chi connectivity index (χ0n) is 18.1. The van der Waals surface area contributed by atoms with Gasteiger partial charge in [0, 0.05) is 22.8 Å². The Bertz CT molecular complexity index is 1440. The van der Waals surface area contributed by atoms with Crippen LogP contribution in [-0.4, -0.2) is 35.4 Å². The minimum atomic E-state index is -0.212. The van der Waals surface area contributed by atoms with Crippen molar-refractivity contribution in [1.82, 2.24) is 29.5 Å². The van der Waals surface area contributed by atoms with Crippen LogP contribution in [0.4, 0.5) is 5.82 Å². The first-order valence-electron chi connectivity index (χ1n) is 10.1. The molecule has 0 fully saturated rings. The van der Waals surface area contributed by atoms with E-state index in [0.717, 1.165) is 38.7 Å². The average Bonchev–Trinajstić information content (AvgIpc) is 3.43. The van der Waals surface area contributed by atoms with Crippen molar-refractivity contribution in [2.75, 3.05) is 5.32 Å². The van der Waals surface area contributed by atoms with Gasteiger partial charge in [0.2, 0.25) is 0 Å². The highest BCUT2D eigenvalue weighted by Crippen LogP contribution is 2.31. The molecule has 0 bridgehead atoms. The molecule has 5 aromatic rings. The Hall–Kier alpha value is -3.85. The number of anilines is 1. The van der Waals surface area contributed by atoms with E-state index >= 15 is 0 Å². The lowest BCUT2D eigenvalue weighted by Gasteiger charge is -2.08. The maximum Gasteiger partial charge on any atom is 0.266 e. The maximum absolute atomic E-state index is 13.2. The maximum atomic E-state index is 13.2. The number of aryl methyl sites for hydroxylation is 4. The van der Waals surface area contributed by atoms with Gasteiger partial charge in [-0.3, -0.25) is 4.79 Å². The van der Waals surface area contributed by atoms with Gasteiger partial charge in [0.1, 0.15) is 10.6 Å². The van der Waals surface area contributed by atoms with Crippen LogP contribution >= 0.6 is 11.3 Å². The monoisotopic (exact) mass is 443 g/mol. The normalized spacial score (nSPS) is 11.2. The van der Waals surface area contributed by atoms with Crippen molar-refractivity contribution in [2.24, 2.45) is 0 Å². The number of thiophene rings is 1. The Morgan fingerprint density at radius 2 is 1.59 bits per heavy atom. The van der Waals surface area contributed by atoms with E-state index in [4.69, 9.17) is 0 Å². The standard InChI is InChI=1S/C23H21N7OS/c1-13-10-14(2)25-23(24-13)30-20(11-15(3)27-30)26-21(31)19-12-18-16(4)28-29(22(18)32-19)17-8-6-5-7-9-17/h5-12H,1-4H3,(H,26,31). The minimum Gasteiger partial charge on any atom is -0.306 e. The fraction of sp³-hybridized carbons (Fsp3) is 0.174. The van der Waals surface area contributed by atoms with Gasteiger partial charge >= 0.3 is 0 Å². The largest absolute Gasteiger partial charge is 0.306 e. The number of para-hydroxylation sites is 1. The summed E-state index contributed by atoms with van der Waals surface area (Å²) in [6, 6.07) is 15.5. The first-order valence-corrected chi connectivity index (χ1v) is 11.0. The molecule has 0 unspecified atom stereocenters. The molecule has 1 aromatic carbocycles. The zero-order chi connectivity index (χ0) is 22.4. The molecule has 32 heavy (non-hydrogen) atoms. The van der Waals surface area contributed by atoms with Crippen LogP contribution in [0.1, 0.15) is 32.4 Å². The number of nitrogens with zero attached hydrogens (tertiary/aromatic N) is 6. The smallest absolute Gasteiger partial charge is 0.266 e. The number of fused-ring (bicyclic) bond motifs is 1. The highest BCUT2D eigenvalue weighted by Gasteiger charge is 2.19. The van der Waals surface area contributed by atoms with Crippen LogP contribution < -0.4 is 5.32 Å². The summed E-state index contributed by atoms with van der Waals surface area (Å²) in [4.78, 5) is 23.6. The topological polar surface area (TPSA) is 90.5 Å². The van der Waals surface area contributed by atoms with Gasteiger partial charge < -0.3 is 5.32 Å². The fourth-order valence-corrected chi connectivity index (χ4v) is 4.70. The van der Waals surface area contributed by atoms with Crippen LogP contribution in [0.3, 0.4) is 0 Å². The Morgan fingerprint density at radius 3 is 2.31 bits per heavy atom.